The summed E-state index contributed by atoms with van der Waals surface area (Å²) in [4.78, 5) is 33.1. The number of amides is 2. The van der Waals surface area contributed by atoms with Crippen LogP contribution in [-0.4, -0.2) is 64.4 Å². The van der Waals surface area contributed by atoms with Gasteiger partial charge in [0, 0.05) is 44.5 Å². The first kappa shape index (κ1) is 27.5. The standard InChI is InChI=1S/C28H40N4O4/c1-20(30-25(33)35-27(2,3)4)24-12-11-23(18-29-24)22-10-8-9-21(17-22)19-31-13-15-32(16-14-31)26(34)36-28(5,6)7/h8-12,17-18,20H,13-16,19H2,1-7H3,(H,30,33)/t20-/m1/s1. The quantitative estimate of drug-likeness (QED) is 0.598. The van der Waals surface area contributed by atoms with E-state index in [-0.39, 0.29) is 12.1 Å². The van der Waals surface area contributed by atoms with Crippen LogP contribution in [0.3, 0.4) is 0 Å². The molecule has 0 aliphatic carbocycles. The van der Waals surface area contributed by atoms with Gasteiger partial charge in [-0.15, -0.1) is 0 Å². The number of carbonyl (C=O) groups excluding carboxylic acids is 2. The molecule has 8 nitrogen and oxygen atoms in total. The van der Waals surface area contributed by atoms with Crippen molar-refractivity contribution in [2.45, 2.75) is 72.3 Å². The molecule has 0 spiro atoms. The van der Waals surface area contributed by atoms with Crippen molar-refractivity contribution in [1.82, 2.24) is 20.1 Å². The normalized spacial score (nSPS) is 15.8. The van der Waals surface area contributed by atoms with Crippen molar-refractivity contribution in [3.05, 3.63) is 53.9 Å². The highest BCUT2D eigenvalue weighted by molar-refractivity contribution is 5.69. The van der Waals surface area contributed by atoms with E-state index in [0.717, 1.165) is 36.5 Å². The molecule has 3 rings (SSSR count). The molecule has 2 amide bonds. The summed E-state index contributed by atoms with van der Waals surface area (Å²) in [5.74, 6) is 0. The van der Waals surface area contributed by atoms with Gasteiger partial charge in [-0.25, -0.2) is 9.59 Å². The molecule has 0 unspecified atom stereocenters. The van der Waals surface area contributed by atoms with E-state index in [1.165, 1.54) is 5.56 Å². The lowest BCUT2D eigenvalue weighted by atomic mass is 10.0. The van der Waals surface area contributed by atoms with Crippen molar-refractivity contribution in [2.75, 3.05) is 26.2 Å². The van der Waals surface area contributed by atoms with Gasteiger partial charge in [-0.3, -0.25) is 9.88 Å². The van der Waals surface area contributed by atoms with Gasteiger partial charge in [-0.2, -0.15) is 0 Å². The minimum atomic E-state index is -0.544. The Labute approximate surface area is 215 Å². The first-order chi connectivity index (χ1) is 16.8. The predicted octanol–water partition coefficient (Wildman–Crippen LogP) is 5.39. The Balaban J connectivity index is 1.56. The summed E-state index contributed by atoms with van der Waals surface area (Å²) < 4.78 is 10.8. The number of nitrogens with zero attached hydrogens (tertiary/aromatic N) is 3. The maximum atomic E-state index is 12.3. The topological polar surface area (TPSA) is 84.0 Å². The van der Waals surface area contributed by atoms with E-state index >= 15 is 0 Å². The fraction of sp³-hybridized carbons (Fsp3) is 0.536. The second-order valence-corrected chi connectivity index (χ2v) is 11.3. The Morgan fingerprint density at radius 2 is 1.61 bits per heavy atom. The van der Waals surface area contributed by atoms with Crippen LogP contribution in [0.5, 0.6) is 0 Å². The number of pyridine rings is 1. The van der Waals surface area contributed by atoms with Crippen molar-refractivity contribution in [3.8, 4) is 11.1 Å². The van der Waals surface area contributed by atoms with E-state index < -0.39 is 17.3 Å². The van der Waals surface area contributed by atoms with Crippen LogP contribution in [0.1, 0.15) is 65.8 Å². The summed E-state index contributed by atoms with van der Waals surface area (Å²) in [7, 11) is 0. The number of alkyl carbamates (subject to hydrolysis) is 1. The second-order valence-electron chi connectivity index (χ2n) is 11.3. The highest BCUT2D eigenvalue weighted by Crippen LogP contribution is 2.23. The highest BCUT2D eigenvalue weighted by Gasteiger charge is 2.26. The third-order valence-electron chi connectivity index (χ3n) is 5.65. The lowest BCUT2D eigenvalue weighted by Gasteiger charge is -2.35. The smallest absolute Gasteiger partial charge is 0.410 e. The Morgan fingerprint density at radius 1 is 0.944 bits per heavy atom. The first-order valence-electron chi connectivity index (χ1n) is 12.5. The number of hydrogen-bond acceptors (Lipinski definition) is 6. The summed E-state index contributed by atoms with van der Waals surface area (Å²) in [6.07, 6.45) is 1.14. The lowest BCUT2D eigenvalue weighted by Crippen LogP contribution is -2.49. The van der Waals surface area contributed by atoms with Crippen molar-refractivity contribution >= 4 is 12.2 Å². The summed E-state index contributed by atoms with van der Waals surface area (Å²) in [5, 5.41) is 2.83. The zero-order chi connectivity index (χ0) is 26.5. The maximum absolute atomic E-state index is 12.3. The van der Waals surface area contributed by atoms with E-state index in [4.69, 9.17) is 9.47 Å². The molecule has 0 bridgehead atoms. The number of rotatable bonds is 5. The number of hydrogen-bond donors (Lipinski definition) is 1. The van der Waals surface area contributed by atoms with Crippen LogP contribution in [0.25, 0.3) is 11.1 Å². The number of aromatic nitrogens is 1. The van der Waals surface area contributed by atoms with Crippen LogP contribution in [0.4, 0.5) is 9.59 Å². The van der Waals surface area contributed by atoms with Gasteiger partial charge in [0.15, 0.2) is 0 Å². The van der Waals surface area contributed by atoms with Crippen LogP contribution >= 0.6 is 0 Å². The lowest BCUT2D eigenvalue weighted by molar-refractivity contribution is 0.0138. The number of piperazine rings is 1. The Hall–Kier alpha value is -3.13. The Kier molecular flexibility index (Phi) is 8.61. The largest absolute Gasteiger partial charge is 0.444 e. The molecule has 1 aromatic carbocycles. The minimum Gasteiger partial charge on any atom is -0.444 e. The van der Waals surface area contributed by atoms with Gasteiger partial charge in [-0.1, -0.05) is 24.3 Å². The second kappa shape index (κ2) is 11.3. The average molecular weight is 497 g/mol. The molecular formula is C28H40N4O4. The van der Waals surface area contributed by atoms with Crippen LogP contribution in [0, 0.1) is 0 Å². The third kappa shape index (κ3) is 8.52. The Morgan fingerprint density at radius 3 is 2.19 bits per heavy atom. The van der Waals surface area contributed by atoms with Crippen LogP contribution in [0.2, 0.25) is 0 Å². The zero-order valence-corrected chi connectivity index (χ0v) is 22.6. The molecule has 0 radical (unpaired) electrons. The molecule has 36 heavy (non-hydrogen) atoms. The van der Waals surface area contributed by atoms with E-state index in [9.17, 15) is 9.59 Å². The number of benzene rings is 1. The van der Waals surface area contributed by atoms with E-state index in [0.29, 0.717) is 13.1 Å². The number of ether oxygens (including phenoxy) is 2. The number of nitrogens with one attached hydrogen (secondary N) is 1. The van der Waals surface area contributed by atoms with E-state index in [1.54, 1.807) is 4.90 Å². The van der Waals surface area contributed by atoms with Gasteiger partial charge in [0.1, 0.15) is 11.2 Å². The van der Waals surface area contributed by atoms with Crippen molar-refractivity contribution in [3.63, 3.8) is 0 Å². The molecule has 0 saturated carbocycles. The van der Waals surface area contributed by atoms with Gasteiger partial charge in [0.25, 0.3) is 0 Å². The predicted molar refractivity (Wildman–Crippen MR) is 141 cm³/mol. The van der Waals surface area contributed by atoms with Gasteiger partial charge < -0.3 is 19.7 Å². The molecular weight excluding hydrogens is 456 g/mol. The van der Waals surface area contributed by atoms with E-state index in [2.05, 4.69) is 39.5 Å². The van der Waals surface area contributed by atoms with E-state index in [1.807, 2.05) is 66.8 Å². The molecule has 1 N–H and O–H groups in total. The van der Waals surface area contributed by atoms with Gasteiger partial charge in [0.2, 0.25) is 0 Å². The fourth-order valence-electron chi connectivity index (χ4n) is 3.91. The SMILES string of the molecule is C[C@@H](NC(=O)OC(C)(C)C)c1ccc(-c2cccc(CN3CCN(C(=O)OC(C)(C)C)CC3)c2)cn1. The molecule has 2 heterocycles. The van der Waals surface area contributed by atoms with Gasteiger partial charge in [0.05, 0.1) is 11.7 Å². The van der Waals surface area contributed by atoms with Gasteiger partial charge in [-0.05, 0) is 71.7 Å². The number of carbonyl (C=O) groups is 2. The minimum absolute atomic E-state index is 0.240. The molecule has 1 aromatic heterocycles. The van der Waals surface area contributed by atoms with Crippen LogP contribution in [-0.2, 0) is 16.0 Å². The summed E-state index contributed by atoms with van der Waals surface area (Å²) in [6.45, 7) is 16.8. The first-order valence-corrected chi connectivity index (χ1v) is 12.5. The summed E-state index contributed by atoms with van der Waals surface area (Å²) >= 11 is 0. The van der Waals surface area contributed by atoms with Gasteiger partial charge >= 0.3 is 12.2 Å². The molecule has 1 saturated heterocycles. The molecule has 2 aromatic rings. The summed E-state index contributed by atoms with van der Waals surface area (Å²) in [6, 6.07) is 12.1. The maximum Gasteiger partial charge on any atom is 0.410 e. The van der Waals surface area contributed by atoms with Crippen molar-refractivity contribution < 1.29 is 19.1 Å². The van der Waals surface area contributed by atoms with Crippen molar-refractivity contribution in [2.24, 2.45) is 0 Å². The van der Waals surface area contributed by atoms with Crippen LogP contribution < -0.4 is 5.32 Å². The third-order valence-corrected chi connectivity index (χ3v) is 5.65. The highest BCUT2D eigenvalue weighted by atomic mass is 16.6. The monoisotopic (exact) mass is 496 g/mol. The van der Waals surface area contributed by atoms with Crippen LogP contribution in [0.15, 0.2) is 42.6 Å². The molecule has 1 fully saturated rings. The molecule has 8 heteroatoms. The molecule has 196 valence electrons. The summed E-state index contributed by atoms with van der Waals surface area (Å²) in [5.41, 5.74) is 3.06. The zero-order valence-electron chi connectivity index (χ0n) is 22.6. The Bertz CT molecular complexity index is 1030. The molecule has 1 aliphatic heterocycles. The molecule has 1 aliphatic rings. The average Bonchev–Trinajstić information content (AvgIpc) is 2.77. The fourth-order valence-corrected chi connectivity index (χ4v) is 3.91. The van der Waals surface area contributed by atoms with Crippen molar-refractivity contribution in [1.29, 1.82) is 0 Å². The molecule has 1 atom stereocenters.